The zero-order valence-electron chi connectivity index (χ0n) is 18.2. The first kappa shape index (κ1) is 18.0. The van der Waals surface area contributed by atoms with E-state index in [1.165, 1.54) is 19.3 Å². The normalized spacial score (nSPS) is 55.7. The summed E-state index contributed by atoms with van der Waals surface area (Å²) in [6, 6.07) is 0. The summed E-state index contributed by atoms with van der Waals surface area (Å²) in [6.45, 7) is 9.56. The van der Waals surface area contributed by atoms with Gasteiger partial charge in [0.25, 0.3) is 0 Å². The van der Waals surface area contributed by atoms with Crippen LogP contribution in [0, 0.1) is 70.0 Å². The Kier molecular flexibility index (Phi) is 3.65. The molecule has 6 aliphatic rings. The Hall–Kier alpha value is -0.790. The van der Waals surface area contributed by atoms with Gasteiger partial charge < -0.3 is 4.74 Å². The summed E-state index contributed by atoms with van der Waals surface area (Å²) >= 11 is 0. The van der Waals surface area contributed by atoms with Crippen LogP contribution in [0.4, 0.5) is 0 Å². The number of ether oxygens (including phenoxy) is 1. The van der Waals surface area contributed by atoms with Crippen molar-refractivity contribution in [2.45, 2.75) is 66.2 Å². The highest BCUT2D eigenvalue weighted by Gasteiger charge is 2.80. The first-order chi connectivity index (χ1) is 13.6. The standard InChI is InChI=1S/C26H38O2/c1-5-25(6-2)18-13-19(26(25,7-3)24(27)28-8-4)23-17-12-16(22(18)23)20-14-9-10-15(11-14)21(17)20/h9-10,14-23H,5-8,11-13H2,1-4H3. The topological polar surface area (TPSA) is 26.3 Å². The zero-order chi connectivity index (χ0) is 19.4. The molecule has 0 radical (unpaired) electrons. The number of hydrogen-bond acceptors (Lipinski definition) is 2. The molecule has 6 rings (SSSR count). The van der Waals surface area contributed by atoms with Crippen molar-refractivity contribution in [1.29, 1.82) is 0 Å². The fraction of sp³-hybridized carbons (Fsp3) is 0.885. The molecule has 0 aromatic rings. The second-order valence-electron chi connectivity index (χ2n) is 11.2. The molecule has 0 aromatic heterocycles. The molecule has 0 saturated heterocycles. The fourth-order valence-corrected chi connectivity index (χ4v) is 11.5. The summed E-state index contributed by atoms with van der Waals surface area (Å²) < 4.78 is 5.85. The summed E-state index contributed by atoms with van der Waals surface area (Å²) in [5.74, 6) is 8.82. The Morgan fingerprint density at radius 3 is 1.96 bits per heavy atom. The van der Waals surface area contributed by atoms with Gasteiger partial charge in [-0.2, -0.15) is 0 Å². The summed E-state index contributed by atoms with van der Waals surface area (Å²) in [6.07, 6.45) is 12.7. The Labute approximate surface area is 170 Å². The third-order valence-corrected chi connectivity index (χ3v) is 11.7. The average molecular weight is 383 g/mol. The first-order valence-corrected chi connectivity index (χ1v) is 12.4. The van der Waals surface area contributed by atoms with Crippen LogP contribution in [0.15, 0.2) is 12.2 Å². The number of esters is 1. The molecule has 0 N–H and O–H groups in total. The third kappa shape index (κ3) is 1.63. The molecule has 0 spiro atoms. The van der Waals surface area contributed by atoms with E-state index in [9.17, 15) is 4.79 Å². The lowest BCUT2D eigenvalue weighted by Gasteiger charge is -2.58. The monoisotopic (exact) mass is 382 g/mol. The van der Waals surface area contributed by atoms with Gasteiger partial charge in [-0.1, -0.05) is 32.9 Å². The number of carbonyl (C=O) groups excluding carboxylic acids is 1. The molecular weight excluding hydrogens is 344 g/mol. The molecule has 0 aliphatic heterocycles. The van der Waals surface area contributed by atoms with E-state index in [1.807, 2.05) is 6.92 Å². The number of hydrogen-bond donors (Lipinski definition) is 0. The molecule has 6 aliphatic carbocycles. The maximum absolute atomic E-state index is 13.6. The van der Waals surface area contributed by atoms with Gasteiger partial charge in [-0.3, -0.25) is 4.79 Å². The van der Waals surface area contributed by atoms with E-state index < -0.39 is 0 Å². The SMILES string of the molecule is CCOC(=O)C1(CC)C2CC(C3C4CC(C5C6C=CC(C6)C45)C32)C1(CC)CC. The molecule has 5 fully saturated rings. The second-order valence-corrected chi connectivity index (χ2v) is 11.2. The van der Waals surface area contributed by atoms with E-state index in [-0.39, 0.29) is 16.8 Å². The van der Waals surface area contributed by atoms with Crippen LogP contribution in [-0.4, -0.2) is 12.6 Å². The van der Waals surface area contributed by atoms with Crippen LogP contribution in [0.25, 0.3) is 0 Å². The summed E-state index contributed by atoms with van der Waals surface area (Å²) in [4.78, 5) is 13.6. The number of carbonyl (C=O) groups is 1. The highest BCUT2D eigenvalue weighted by atomic mass is 16.5. The summed E-state index contributed by atoms with van der Waals surface area (Å²) in [5, 5.41) is 0. The molecule has 11 atom stereocenters. The lowest BCUT2D eigenvalue weighted by atomic mass is 9.45. The third-order valence-electron chi connectivity index (χ3n) is 11.7. The molecule has 11 unspecified atom stereocenters. The van der Waals surface area contributed by atoms with Crippen molar-refractivity contribution in [2.75, 3.05) is 6.61 Å². The van der Waals surface area contributed by atoms with Crippen molar-refractivity contribution in [3.8, 4) is 0 Å². The van der Waals surface area contributed by atoms with Gasteiger partial charge in [-0.05, 0) is 110 Å². The first-order valence-electron chi connectivity index (χ1n) is 12.4. The van der Waals surface area contributed by atoms with Crippen LogP contribution >= 0.6 is 0 Å². The molecule has 0 aromatic carbocycles. The van der Waals surface area contributed by atoms with Crippen LogP contribution in [0.5, 0.6) is 0 Å². The summed E-state index contributed by atoms with van der Waals surface area (Å²) in [7, 11) is 0. The maximum Gasteiger partial charge on any atom is 0.312 e. The van der Waals surface area contributed by atoms with Crippen molar-refractivity contribution in [1.82, 2.24) is 0 Å². The van der Waals surface area contributed by atoms with Gasteiger partial charge >= 0.3 is 5.97 Å². The van der Waals surface area contributed by atoms with E-state index in [0.717, 1.165) is 72.5 Å². The summed E-state index contributed by atoms with van der Waals surface area (Å²) in [5.41, 5.74) is -0.0426. The smallest absolute Gasteiger partial charge is 0.312 e. The minimum absolute atomic E-state index is 0.166. The predicted molar refractivity (Wildman–Crippen MR) is 110 cm³/mol. The van der Waals surface area contributed by atoms with Gasteiger partial charge in [0, 0.05) is 0 Å². The van der Waals surface area contributed by atoms with Crippen LogP contribution < -0.4 is 0 Å². The largest absolute Gasteiger partial charge is 0.466 e. The molecule has 0 heterocycles. The Bertz CT molecular complexity index is 720. The lowest BCUT2D eigenvalue weighted by molar-refractivity contribution is -0.185. The molecule has 0 amide bonds. The molecular formula is C26H38O2. The Balaban J connectivity index is 1.46. The number of allylic oxidation sites excluding steroid dienone is 2. The number of rotatable bonds is 5. The van der Waals surface area contributed by atoms with E-state index >= 15 is 0 Å². The van der Waals surface area contributed by atoms with E-state index in [4.69, 9.17) is 4.74 Å². The van der Waals surface area contributed by atoms with E-state index in [1.54, 1.807) is 0 Å². The second kappa shape index (κ2) is 5.67. The van der Waals surface area contributed by atoms with Crippen molar-refractivity contribution >= 4 is 5.97 Å². The molecule has 2 heteroatoms. The van der Waals surface area contributed by atoms with Crippen molar-refractivity contribution < 1.29 is 9.53 Å². The predicted octanol–water partition coefficient (Wildman–Crippen LogP) is 5.72. The van der Waals surface area contributed by atoms with Crippen LogP contribution in [-0.2, 0) is 9.53 Å². The minimum atomic E-state index is -0.216. The molecule has 28 heavy (non-hydrogen) atoms. The minimum Gasteiger partial charge on any atom is -0.466 e. The highest BCUT2D eigenvalue weighted by molar-refractivity contribution is 5.79. The molecule has 6 bridgehead atoms. The van der Waals surface area contributed by atoms with Gasteiger partial charge in [0.15, 0.2) is 0 Å². The van der Waals surface area contributed by atoms with Crippen molar-refractivity contribution in [2.24, 2.45) is 70.0 Å². The Morgan fingerprint density at radius 2 is 1.43 bits per heavy atom. The molecule has 2 nitrogen and oxygen atoms in total. The van der Waals surface area contributed by atoms with Crippen LogP contribution in [0.3, 0.4) is 0 Å². The molecule has 5 saturated carbocycles. The maximum atomic E-state index is 13.6. The van der Waals surface area contributed by atoms with Gasteiger partial charge in [0.05, 0.1) is 12.0 Å². The number of fused-ring (bicyclic) bond motifs is 16. The average Bonchev–Trinajstić information content (AvgIpc) is 3.51. The van der Waals surface area contributed by atoms with E-state index in [2.05, 4.69) is 32.9 Å². The van der Waals surface area contributed by atoms with Crippen molar-refractivity contribution in [3.63, 3.8) is 0 Å². The van der Waals surface area contributed by atoms with Gasteiger partial charge in [0.2, 0.25) is 0 Å². The molecule has 154 valence electrons. The van der Waals surface area contributed by atoms with Gasteiger partial charge in [-0.25, -0.2) is 0 Å². The van der Waals surface area contributed by atoms with Crippen molar-refractivity contribution in [3.05, 3.63) is 12.2 Å². The quantitative estimate of drug-likeness (QED) is 0.345. The zero-order valence-corrected chi connectivity index (χ0v) is 18.2. The van der Waals surface area contributed by atoms with Crippen LogP contribution in [0.1, 0.15) is 66.2 Å². The lowest BCUT2D eigenvalue weighted by Crippen LogP contribution is -2.58. The fourth-order valence-electron chi connectivity index (χ4n) is 11.5. The van der Waals surface area contributed by atoms with E-state index in [0.29, 0.717) is 12.5 Å². The highest BCUT2D eigenvalue weighted by Crippen LogP contribution is 2.83. The van der Waals surface area contributed by atoms with Gasteiger partial charge in [0.1, 0.15) is 0 Å². The van der Waals surface area contributed by atoms with Gasteiger partial charge in [-0.15, -0.1) is 0 Å². The Morgan fingerprint density at radius 1 is 0.821 bits per heavy atom. The van der Waals surface area contributed by atoms with Crippen LogP contribution in [0.2, 0.25) is 0 Å².